The number of nitrogens with zero attached hydrogens (tertiary/aromatic N) is 1. The van der Waals surface area contributed by atoms with Gasteiger partial charge in [-0.15, -0.1) is 0 Å². The molecule has 0 aromatic carbocycles. The van der Waals surface area contributed by atoms with Crippen LogP contribution in [0.3, 0.4) is 0 Å². The second-order valence-electron chi connectivity index (χ2n) is 17.5. The largest absolute Gasteiger partial charge is 0.756 e. The zero-order valence-corrected chi connectivity index (χ0v) is 39.3. The SMILES string of the molecule is CCCCC/C=C\C/C=C\C/C=C\CC1OC1CCCC(=O)O[C@H](COC(=O)CCCCCCCCCCCCCCCCCCC)COP(=O)([O-])OCC[N+](C)(C)C. The molecule has 1 aliphatic heterocycles. The number of carbonyl (C=O) groups is 2. The quantitative estimate of drug-likeness (QED) is 0.0147. The molecule has 1 rings (SSSR count). The standard InChI is InChI=1S/C48H88NO9P/c1-6-8-10-12-14-16-18-20-21-22-23-24-26-28-30-32-34-38-47(50)54-42-44(43-56-59(52,53)55-41-40-49(3,4)5)57-48(51)39-35-37-46-45(58-46)36-33-31-29-27-25-19-17-15-13-11-9-7-2/h15,17,25,27,31,33,44-46H,6-14,16,18-24,26,28-30,32,34-43H2,1-5H3/b17-15-,27-25-,33-31-/t44-,45?,46?/m1/s1. The Morgan fingerprint density at radius 1 is 0.627 bits per heavy atom. The molecular formula is C48H88NO9P. The summed E-state index contributed by atoms with van der Waals surface area (Å²) in [4.78, 5) is 37.7. The molecule has 0 aliphatic carbocycles. The van der Waals surface area contributed by atoms with E-state index in [9.17, 15) is 19.0 Å². The fourth-order valence-electron chi connectivity index (χ4n) is 6.74. The van der Waals surface area contributed by atoms with Gasteiger partial charge in [0.15, 0.2) is 6.10 Å². The third-order valence-corrected chi connectivity index (χ3v) is 11.6. The summed E-state index contributed by atoms with van der Waals surface area (Å²) in [6.07, 6.45) is 43.3. The van der Waals surface area contributed by atoms with Crippen molar-refractivity contribution in [2.45, 2.75) is 212 Å². The van der Waals surface area contributed by atoms with Crippen molar-refractivity contribution in [2.75, 3.05) is 47.5 Å². The summed E-state index contributed by atoms with van der Waals surface area (Å²) in [5.74, 6) is -0.905. The van der Waals surface area contributed by atoms with Crippen molar-refractivity contribution >= 4 is 19.8 Å². The maximum absolute atomic E-state index is 12.8. The molecule has 0 bridgehead atoms. The van der Waals surface area contributed by atoms with E-state index in [0.717, 1.165) is 51.4 Å². The van der Waals surface area contributed by atoms with E-state index in [-0.39, 0.29) is 38.3 Å². The van der Waals surface area contributed by atoms with Gasteiger partial charge in [-0.25, -0.2) is 0 Å². The molecule has 0 aromatic rings. The molecule has 1 heterocycles. The van der Waals surface area contributed by atoms with Gasteiger partial charge in [0, 0.05) is 12.8 Å². The van der Waals surface area contributed by atoms with Crippen LogP contribution in [-0.4, -0.2) is 82.2 Å². The number of unbranched alkanes of at least 4 members (excludes halogenated alkanes) is 19. The Hall–Kier alpha value is -1.81. The number of carbonyl (C=O) groups excluding carboxylic acids is 2. The molecule has 0 radical (unpaired) electrons. The summed E-state index contributed by atoms with van der Waals surface area (Å²) in [5, 5.41) is 0. The molecule has 0 amide bonds. The van der Waals surface area contributed by atoms with Gasteiger partial charge >= 0.3 is 11.9 Å². The number of esters is 2. The molecule has 11 heteroatoms. The molecule has 4 atom stereocenters. The zero-order chi connectivity index (χ0) is 43.3. The molecule has 0 saturated carbocycles. The molecule has 3 unspecified atom stereocenters. The van der Waals surface area contributed by atoms with Crippen LogP contribution in [0.4, 0.5) is 0 Å². The van der Waals surface area contributed by atoms with Crippen LogP contribution in [0.5, 0.6) is 0 Å². The van der Waals surface area contributed by atoms with E-state index in [1.807, 2.05) is 21.1 Å². The Labute approximate surface area is 361 Å². The Morgan fingerprint density at radius 2 is 1.14 bits per heavy atom. The van der Waals surface area contributed by atoms with Crippen molar-refractivity contribution in [3.63, 3.8) is 0 Å². The van der Waals surface area contributed by atoms with Gasteiger partial charge in [0.1, 0.15) is 19.8 Å². The second-order valence-corrected chi connectivity index (χ2v) is 18.9. The molecule has 1 saturated heterocycles. The highest BCUT2D eigenvalue weighted by Crippen LogP contribution is 2.38. The first-order valence-electron chi connectivity index (χ1n) is 23.8. The topological polar surface area (TPSA) is 124 Å². The first kappa shape index (κ1) is 55.2. The van der Waals surface area contributed by atoms with Crippen LogP contribution in [0.1, 0.15) is 194 Å². The fourth-order valence-corrected chi connectivity index (χ4v) is 7.47. The Bertz CT molecular complexity index is 1170. The van der Waals surface area contributed by atoms with E-state index in [0.29, 0.717) is 17.4 Å². The predicted octanol–water partition coefficient (Wildman–Crippen LogP) is 12.0. The van der Waals surface area contributed by atoms with Crippen molar-refractivity contribution in [1.82, 2.24) is 0 Å². The number of likely N-dealkylation sites (N-methyl/N-ethyl adjacent to an activating group) is 1. The molecule has 0 spiro atoms. The van der Waals surface area contributed by atoms with Gasteiger partial charge in [0.05, 0.1) is 40.0 Å². The summed E-state index contributed by atoms with van der Waals surface area (Å²) in [5.41, 5.74) is 0. The third kappa shape index (κ3) is 37.7. The van der Waals surface area contributed by atoms with Gasteiger partial charge in [-0.05, 0) is 51.4 Å². The number of phosphoric ester groups is 1. The molecule has 0 N–H and O–H groups in total. The lowest BCUT2D eigenvalue weighted by molar-refractivity contribution is -0.870. The van der Waals surface area contributed by atoms with Crippen LogP contribution in [0, 0.1) is 0 Å². The van der Waals surface area contributed by atoms with Crippen LogP contribution in [-0.2, 0) is 37.4 Å². The van der Waals surface area contributed by atoms with Gasteiger partial charge in [0.25, 0.3) is 7.82 Å². The van der Waals surface area contributed by atoms with E-state index >= 15 is 0 Å². The first-order chi connectivity index (χ1) is 28.5. The minimum atomic E-state index is -4.65. The van der Waals surface area contributed by atoms with Crippen LogP contribution in [0.2, 0.25) is 0 Å². The Balaban J connectivity index is 2.30. The lowest BCUT2D eigenvalue weighted by Crippen LogP contribution is -2.37. The number of quaternary nitrogens is 1. The number of epoxide rings is 1. The lowest BCUT2D eigenvalue weighted by atomic mass is 10.0. The first-order valence-corrected chi connectivity index (χ1v) is 25.3. The molecule has 0 aromatic heterocycles. The van der Waals surface area contributed by atoms with E-state index < -0.39 is 32.5 Å². The van der Waals surface area contributed by atoms with Gasteiger partial charge < -0.3 is 32.6 Å². The monoisotopic (exact) mass is 854 g/mol. The van der Waals surface area contributed by atoms with Crippen LogP contribution in [0.15, 0.2) is 36.5 Å². The summed E-state index contributed by atoms with van der Waals surface area (Å²) in [6.45, 7) is 4.13. The highest BCUT2D eigenvalue weighted by Gasteiger charge is 2.36. The summed E-state index contributed by atoms with van der Waals surface area (Å²) in [7, 11) is 1.12. The molecular weight excluding hydrogens is 766 g/mol. The normalized spacial score (nSPS) is 17.3. The maximum Gasteiger partial charge on any atom is 0.306 e. The van der Waals surface area contributed by atoms with Gasteiger partial charge in [-0.2, -0.15) is 0 Å². The van der Waals surface area contributed by atoms with Crippen LogP contribution >= 0.6 is 7.82 Å². The smallest absolute Gasteiger partial charge is 0.306 e. The highest BCUT2D eigenvalue weighted by molar-refractivity contribution is 7.45. The fraction of sp³-hybridized carbons (Fsp3) is 0.833. The van der Waals surface area contributed by atoms with E-state index in [1.54, 1.807) is 0 Å². The van der Waals surface area contributed by atoms with Gasteiger partial charge in [-0.1, -0.05) is 166 Å². The maximum atomic E-state index is 12.8. The van der Waals surface area contributed by atoms with Gasteiger partial charge in [-0.3, -0.25) is 14.2 Å². The minimum Gasteiger partial charge on any atom is -0.756 e. The van der Waals surface area contributed by atoms with Crippen molar-refractivity contribution in [1.29, 1.82) is 0 Å². The summed E-state index contributed by atoms with van der Waals surface area (Å²) < 4.78 is 39.8. The van der Waals surface area contributed by atoms with Crippen molar-refractivity contribution in [3.05, 3.63) is 36.5 Å². The second kappa shape index (κ2) is 36.8. The van der Waals surface area contributed by atoms with Crippen LogP contribution in [0.25, 0.3) is 0 Å². The number of hydrogen-bond acceptors (Lipinski definition) is 9. The average Bonchev–Trinajstić information content (AvgIpc) is 3.94. The van der Waals surface area contributed by atoms with E-state index in [4.69, 9.17) is 23.3 Å². The van der Waals surface area contributed by atoms with Gasteiger partial charge in [0.2, 0.25) is 0 Å². The summed E-state index contributed by atoms with van der Waals surface area (Å²) in [6, 6.07) is 0. The average molecular weight is 854 g/mol. The highest BCUT2D eigenvalue weighted by atomic mass is 31.2. The molecule has 1 fully saturated rings. The number of allylic oxidation sites excluding steroid dienone is 5. The number of phosphoric acid groups is 1. The predicted molar refractivity (Wildman–Crippen MR) is 240 cm³/mol. The van der Waals surface area contributed by atoms with Crippen LogP contribution < -0.4 is 4.89 Å². The van der Waals surface area contributed by atoms with Crippen molar-refractivity contribution < 1.29 is 46.8 Å². The number of rotatable bonds is 42. The molecule has 344 valence electrons. The van der Waals surface area contributed by atoms with Crippen molar-refractivity contribution in [3.8, 4) is 0 Å². The number of hydrogen-bond donors (Lipinski definition) is 0. The molecule has 10 nitrogen and oxygen atoms in total. The molecule has 1 aliphatic rings. The number of ether oxygens (including phenoxy) is 3. The lowest BCUT2D eigenvalue weighted by Gasteiger charge is -2.28. The van der Waals surface area contributed by atoms with Crippen molar-refractivity contribution in [2.24, 2.45) is 0 Å². The zero-order valence-electron chi connectivity index (χ0n) is 38.4. The third-order valence-electron chi connectivity index (χ3n) is 10.6. The minimum absolute atomic E-state index is 0.0444. The van der Waals surface area contributed by atoms with E-state index in [1.165, 1.54) is 109 Å². The Morgan fingerprint density at radius 3 is 1.71 bits per heavy atom. The molecule has 59 heavy (non-hydrogen) atoms. The Kier molecular flexibility index (Phi) is 34.4. The summed E-state index contributed by atoms with van der Waals surface area (Å²) >= 11 is 0. The van der Waals surface area contributed by atoms with E-state index in [2.05, 4.69) is 50.3 Å².